The highest BCUT2D eigenvalue weighted by Gasteiger charge is 2.16. The van der Waals surface area contributed by atoms with Gasteiger partial charge >= 0.3 is 0 Å². The molecular formula is C16H16B5ClN2. The van der Waals surface area contributed by atoms with Gasteiger partial charge < -0.3 is 0 Å². The number of benzene rings is 2. The fourth-order valence-corrected chi connectivity index (χ4v) is 3.33. The maximum absolute atomic E-state index is 6.31. The summed E-state index contributed by atoms with van der Waals surface area (Å²) in [4.78, 5) is 9.22. The van der Waals surface area contributed by atoms with Gasteiger partial charge in [0.2, 0.25) is 0 Å². The van der Waals surface area contributed by atoms with Crippen LogP contribution in [0.5, 0.6) is 0 Å². The highest BCUT2D eigenvalue weighted by atomic mass is 35.5. The molecule has 0 amide bonds. The molecule has 2 aromatic carbocycles. The van der Waals surface area contributed by atoms with Crippen molar-refractivity contribution in [3.05, 3.63) is 41.6 Å². The van der Waals surface area contributed by atoms with Crippen molar-refractivity contribution >= 4 is 78.1 Å². The summed E-state index contributed by atoms with van der Waals surface area (Å²) >= 11 is 6.31. The molecule has 0 fully saturated rings. The molecule has 2 nitrogen and oxygen atoms in total. The third-order valence-corrected chi connectivity index (χ3v) is 5.18. The molecule has 1 heterocycles. The first-order valence-electron chi connectivity index (χ1n) is 8.07. The third kappa shape index (κ3) is 2.93. The van der Waals surface area contributed by atoms with Crippen LogP contribution in [0.15, 0.2) is 36.4 Å². The van der Waals surface area contributed by atoms with Crippen molar-refractivity contribution in [3.63, 3.8) is 0 Å². The third-order valence-electron chi connectivity index (χ3n) is 4.98. The molecule has 0 aliphatic rings. The first-order valence-corrected chi connectivity index (χ1v) is 8.45. The van der Waals surface area contributed by atoms with E-state index in [0.29, 0.717) is 11.0 Å². The zero-order chi connectivity index (χ0) is 17.4. The van der Waals surface area contributed by atoms with Crippen LogP contribution in [0.1, 0.15) is 0 Å². The van der Waals surface area contributed by atoms with Crippen LogP contribution < -0.4 is 27.3 Å². The lowest BCUT2D eigenvalue weighted by atomic mass is 9.60. The fraction of sp³-hybridized carbons (Fsp3) is 0. The topological polar surface area (TPSA) is 25.8 Å². The summed E-state index contributed by atoms with van der Waals surface area (Å²) < 4.78 is 0. The van der Waals surface area contributed by atoms with Crippen LogP contribution in [-0.2, 0) is 0 Å². The maximum Gasteiger partial charge on any atom is 0.161 e. The molecule has 0 saturated heterocycles. The molecule has 1 aromatic heterocycles. The van der Waals surface area contributed by atoms with E-state index in [9.17, 15) is 0 Å². The lowest BCUT2D eigenvalue weighted by molar-refractivity contribution is 1.18. The van der Waals surface area contributed by atoms with Crippen LogP contribution >= 0.6 is 11.6 Å². The highest BCUT2D eigenvalue weighted by molar-refractivity contribution is 6.68. The number of nitrogens with zero attached hydrogens (tertiary/aromatic N) is 2. The molecular weight excluding hydrogens is 310 g/mol. The second kappa shape index (κ2) is 6.56. The molecule has 24 heavy (non-hydrogen) atoms. The zero-order valence-corrected chi connectivity index (χ0v) is 15.5. The summed E-state index contributed by atoms with van der Waals surface area (Å²) in [5.74, 6) is 0.660. The van der Waals surface area contributed by atoms with Crippen molar-refractivity contribution in [1.82, 2.24) is 9.97 Å². The van der Waals surface area contributed by atoms with Gasteiger partial charge in [-0.05, 0) is 5.56 Å². The lowest BCUT2D eigenvalue weighted by Crippen LogP contribution is -2.55. The van der Waals surface area contributed by atoms with E-state index in [2.05, 4.69) is 44.2 Å². The van der Waals surface area contributed by atoms with Gasteiger partial charge in [-0.25, -0.2) is 9.97 Å². The highest BCUT2D eigenvalue weighted by Crippen LogP contribution is 2.21. The lowest BCUT2D eigenvalue weighted by Gasteiger charge is -2.20. The average Bonchev–Trinajstić information content (AvgIpc) is 2.59. The molecule has 3 rings (SSSR count). The summed E-state index contributed by atoms with van der Waals surface area (Å²) in [5.41, 5.74) is 9.49. The van der Waals surface area contributed by atoms with Gasteiger partial charge in [-0.2, -0.15) is 0 Å². The molecule has 0 N–H and O–H groups in total. The second-order valence-corrected chi connectivity index (χ2v) is 6.65. The minimum Gasteiger partial charge on any atom is -0.228 e. The van der Waals surface area contributed by atoms with E-state index in [1.807, 2.05) is 36.4 Å². The van der Waals surface area contributed by atoms with Crippen LogP contribution in [0.4, 0.5) is 0 Å². The number of aromatic nitrogens is 2. The average molecular weight is 326 g/mol. The minimum atomic E-state index is 0.466. The molecule has 3 aromatic rings. The van der Waals surface area contributed by atoms with Crippen LogP contribution in [0.3, 0.4) is 0 Å². The standard InChI is InChI=1S/C16H16B5ClN2/c17-11-10(12(18)14(20)15(21)13(11)19)8-6-9(22)24-16(23-8)7-4-2-1-3-5-7/h1-6H,17-21H2. The van der Waals surface area contributed by atoms with E-state index < -0.39 is 0 Å². The SMILES string of the molecule is Bc1c(B)c(B)c(-c2cc(Cl)nc(-c3ccccc3)n2)c(B)c1B. The molecule has 0 atom stereocenters. The van der Waals surface area contributed by atoms with Crippen LogP contribution in [0.25, 0.3) is 22.6 Å². The van der Waals surface area contributed by atoms with Gasteiger partial charge in [0.05, 0.1) is 5.69 Å². The molecule has 0 aliphatic carbocycles. The quantitative estimate of drug-likeness (QED) is 0.352. The number of hydrogen-bond donors (Lipinski definition) is 0. The zero-order valence-electron chi connectivity index (χ0n) is 14.7. The molecule has 0 aliphatic heterocycles. The Labute approximate surface area is 152 Å². The van der Waals surface area contributed by atoms with Crippen molar-refractivity contribution < 1.29 is 0 Å². The molecule has 112 valence electrons. The number of halogens is 1. The van der Waals surface area contributed by atoms with Gasteiger partial charge in [-0.3, -0.25) is 0 Å². The van der Waals surface area contributed by atoms with Crippen molar-refractivity contribution in [2.45, 2.75) is 0 Å². The first-order chi connectivity index (χ1) is 11.4. The van der Waals surface area contributed by atoms with E-state index in [-0.39, 0.29) is 0 Å². The Balaban J connectivity index is 2.27. The number of hydrogen-bond acceptors (Lipinski definition) is 2. The molecule has 0 spiro atoms. The summed E-state index contributed by atoms with van der Waals surface area (Å²) in [6.07, 6.45) is 0. The van der Waals surface area contributed by atoms with Gasteiger partial charge in [-0.1, -0.05) is 52.9 Å². The monoisotopic (exact) mass is 326 g/mol. The second-order valence-electron chi connectivity index (χ2n) is 6.27. The van der Waals surface area contributed by atoms with E-state index in [1.165, 1.54) is 27.3 Å². The summed E-state index contributed by atoms with van der Waals surface area (Å²) in [5, 5.41) is 0.466. The van der Waals surface area contributed by atoms with Gasteiger partial charge in [-0.15, -0.1) is 16.4 Å². The summed E-state index contributed by atoms with van der Waals surface area (Å²) in [6.45, 7) is 0. The van der Waals surface area contributed by atoms with Crippen molar-refractivity contribution in [1.29, 1.82) is 0 Å². The first kappa shape index (κ1) is 17.0. The fourth-order valence-electron chi connectivity index (χ4n) is 3.15. The molecule has 8 heteroatoms. The van der Waals surface area contributed by atoms with E-state index in [1.54, 1.807) is 0 Å². The van der Waals surface area contributed by atoms with Gasteiger partial charge in [0, 0.05) is 11.6 Å². The molecule has 0 radical (unpaired) electrons. The summed E-state index contributed by atoms with van der Waals surface area (Å²) in [6, 6.07) is 11.8. The van der Waals surface area contributed by atoms with Crippen molar-refractivity contribution in [2.24, 2.45) is 0 Å². The smallest absolute Gasteiger partial charge is 0.161 e. The Morgan fingerprint density at radius 3 is 1.83 bits per heavy atom. The summed E-state index contributed by atoms with van der Waals surface area (Å²) in [7, 11) is 10.8. The molecule has 0 saturated carbocycles. The predicted octanol–water partition coefficient (Wildman–Crippen LogP) is -4.24. The maximum atomic E-state index is 6.31. The van der Waals surface area contributed by atoms with E-state index in [0.717, 1.165) is 16.8 Å². The van der Waals surface area contributed by atoms with E-state index >= 15 is 0 Å². The Morgan fingerprint density at radius 2 is 1.25 bits per heavy atom. The largest absolute Gasteiger partial charge is 0.228 e. The molecule has 0 unspecified atom stereocenters. The normalized spacial score (nSPS) is 10.7. The Kier molecular flexibility index (Phi) is 4.64. The molecule has 0 bridgehead atoms. The Hall–Kier alpha value is -1.87. The van der Waals surface area contributed by atoms with Crippen LogP contribution in [0, 0.1) is 0 Å². The Bertz CT molecular complexity index is 902. The minimum absolute atomic E-state index is 0.466. The van der Waals surface area contributed by atoms with Crippen LogP contribution in [0.2, 0.25) is 5.15 Å². The van der Waals surface area contributed by atoms with Gasteiger partial charge in [0.15, 0.2) is 5.82 Å². The van der Waals surface area contributed by atoms with Gasteiger partial charge in [0.25, 0.3) is 0 Å². The van der Waals surface area contributed by atoms with Crippen molar-refractivity contribution in [2.75, 3.05) is 0 Å². The predicted molar refractivity (Wildman–Crippen MR) is 119 cm³/mol. The Morgan fingerprint density at radius 1 is 0.708 bits per heavy atom. The van der Waals surface area contributed by atoms with Gasteiger partial charge in [0.1, 0.15) is 44.4 Å². The van der Waals surface area contributed by atoms with Crippen molar-refractivity contribution in [3.8, 4) is 22.6 Å². The van der Waals surface area contributed by atoms with E-state index in [4.69, 9.17) is 16.6 Å². The van der Waals surface area contributed by atoms with Crippen LogP contribution in [-0.4, -0.2) is 49.2 Å². The number of rotatable bonds is 2.